The Morgan fingerprint density at radius 3 is 2.33 bits per heavy atom. The predicted octanol–water partition coefficient (Wildman–Crippen LogP) is 3.80. The highest BCUT2D eigenvalue weighted by molar-refractivity contribution is 7.93. The van der Waals surface area contributed by atoms with E-state index in [1.165, 1.54) is 19.6 Å². The summed E-state index contributed by atoms with van der Waals surface area (Å²) in [5, 5.41) is 0. The second-order valence-electron chi connectivity index (χ2n) is 6.32. The molecule has 0 saturated carbocycles. The molecule has 3 aromatic rings. The summed E-state index contributed by atoms with van der Waals surface area (Å²) in [6.07, 6.45) is 4.35. The van der Waals surface area contributed by atoms with Crippen molar-refractivity contribution in [2.24, 2.45) is 4.36 Å². The van der Waals surface area contributed by atoms with E-state index in [0.29, 0.717) is 22.0 Å². The van der Waals surface area contributed by atoms with Crippen LogP contribution in [0.15, 0.2) is 76.2 Å². The van der Waals surface area contributed by atoms with Gasteiger partial charge < -0.3 is 9.47 Å². The maximum absolute atomic E-state index is 13.0. The Hall–Kier alpha value is -3.63. The number of nitrogens with zero attached hydrogens (tertiary/aromatic N) is 2. The molecule has 0 radical (unpaired) electrons. The third kappa shape index (κ3) is 5.25. The van der Waals surface area contributed by atoms with E-state index in [0.717, 1.165) is 5.56 Å². The SMILES string of the molecule is COc1cccc(C#Cc2cncc(C(=O)N=S(C)(=O)c3cccc(OC)c3)c2)c1. The first kappa shape index (κ1) is 21.1. The van der Waals surface area contributed by atoms with Gasteiger partial charge in [0.1, 0.15) is 11.5 Å². The number of hydrogen-bond donors (Lipinski definition) is 0. The van der Waals surface area contributed by atoms with Crippen molar-refractivity contribution in [2.75, 3.05) is 20.5 Å². The molecule has 1 amide bonds. The van der Waals surface area contributed by atoms with E-state index in [9.17, 15) is 9.00 Å². The zero-order valence-corrected chi connectivity index (χ0v) is 17.6. The normalized spacial score (nSPS) is 12.1. The number of aromatic nitrogens is 1. The molecule has 6 nitrogen and oxygen atoms in total. The van der Waals surface area contributed by atoms with Crippen LogP contribution in [0, 0.1) is 11.8 Å². The molecule has 1 unspecified atom stereocenters. The second-order valence-corrected chi connectivity index (χ2v) is 8.58. The van der Waals surface area contributed by atoms with Gasteiger partial charge >= 0.3 is 0 Å². The van der Waals surface area contributed by atoms with Crippen molar-refractivity contribution in [3.63, 3.8) is 0 Å². The van der Waals surface area contributed by atoms with Crippen LogP contribution in [-0.2, 0) is 9.73 Å². The van der Waals surface area contributed by atoms with Crippen LogP contribution in [0.3, 0.4) is 0 Å². The van der Waals surface area contributed by atoms with E-state index < -0.39 is 15.6 Å². The molecule has 1 heterocycles. The highest BCUT2D eigenvalue weighted by Gasteiger charge is 2.13. The van der Waals surface area contributed by atoms with Gasteiger partial charge in [0.25, 0.3) is 5.91 Å². The highest BCUT2D eigenvalue weighted by Crippen LogP contribution is 2.19. The third-order valence-corrected chi connectivity index (χ3v) is 5.78. The smallest absolute Gasteiger partial charge is 0.286 e. The van der Waals surface area contributed by atoms with E-state index in [2.05, 4.69) is 21.2 Å². The van der Waals surface area contributed by atoms with Crippen molar-refractivity contribution < 1.29 is 18.5 Å². The minimum absolute atomic E-state index is 0.213. The molecule has 152 valence electrons. The van der Waals surface area contributed by atoms with Crippen LogP contribution in [0.1, 0.15) is 21.5 Å². The Bertz CT molecular complexity index is 1270. The lowest BCUT2D eigenvalue weighted by molar-refractivity contribution is 0.100. The first-order valence-corrected chi connectivity index (χ1v) is 10.9. The summed E-state index contributed by atoms with van der Waals surface area (Å²) in [6, 6.07) is 15.6. The molecule has 0 saturated heterocycles. The number of benzene rings is 2. The lowest BCUT2D eigenvalue weighted by atomic mass is 10.1. The summed E-state index contributed by atoms with van der Waals surface area (Å²) < 4.78 is 27.3. The molecule has 0 N–H and O–H groups in total. The average molecular weight is 420 g/mol. The Labute approximate surface area is 176 Å². The predicted molar refractivity (Wildman–Crippen MR) is 115 cm³/mol. The van der Waals surface area contributed by atoms with Crippen molar-refractivity contribution in [1.29, 1.82) is 0 Å². The molecule has 0 bridgehead atoms. The summed E-state index contributed by atoms with van der Waals surface area (Å²) in [4.78, 5) is 17.1. The molecule has 1 atom stereocenters. The molecule has 0 spiro atoms. The standard InChI is InChI=1S/C23H20N2O4S/c1-28-20-7-4-6-17(13-20)10-11-18-12-19(16-24-15-18)23(26)25-30(3,27)22-9-5-8-21(14-22)29-2/h4-9,12-16H,1-3H3. The minimum Gasteiger partial charge on any atom is -0.497 e. The number of ether oxygens (including phenoxy) is 2. The van der Waals surface area contributed by atoms with Crippen molar-refractivity contribution in [2.45, 2.75) is 4.90 Å². The van der Waals surface area contributed by atoms with Crippen molar-refractivity contribution in [3.05, 3.63) is 83.7 Å². The highest BCUT2D eigenvalue weighted by atomic mass is 32.2. The summed E-state index contributed by atoms with van der Waals surface area (Å²) in [5.41, 5.74) is 1.53. The van der Waals surface area contributed by atoms with Crippen LogP contribution >= 0.6 is 0 Å². The topological polar surface area (TPSA) is 77.9 Å². The van der Waals surface area contributed by atoms with Crippen molar-refractivity contribution >= 4 is 15.6 Å². The average Bonchev–Trinajstić information content (AvgIpc) is 2.77. The summed E-state index contributed by atoms with van der Waals surface area (Å²) in [7, 11) is 0.158. The van der Waals surface area contributed by atoms with Gasteiger partial charge in [-0.25, -0.2) is 4.21 Å². The maximum Gasteiger partial charge on any atom is 0.286 e. The quantitative estimate of drug-likeness (QED) is 0.600. The molecule has 30 heavy (non-hydrogen) atoms. The number of methoxy groups -OCH3 is 2. The molecule has 0 aliphatic heterocycles. The number of hydrogen-bond acceptors (Lipinski definition) is 5. The molecular weight excluding hydrogens is 400 g/mol. The summed E-state index contributed by atoms with van der Waals surface area (Å²) in [6.45, 7) is 0. The zero-order chi connectivity index (χ0) is 21.6. The van der Waals surface area contributed by atoms with Crippen molar-refractivity contribution in [3.8, 4) is 23.3 Å². The number of rotatable bonds is 4. The monoisotopic (exact) mass is 420 g/mol. The largest absolute Gasteiger partial charge is 0.497 e. The lowest BCUT2D eigenvalue weighted by Crippen LogP contribution is -2.05. The maximum atomic E-state index is 13.0. The van der Waals surface area contributed by atoms with E-state index in [4.69, 9.17) is 9.47 Å². The van der Waals surface area contributed by atoms with Gasteiger partial charge in [-0.05, 0) is 42.5 Å². The number of carbonyl (C=O) groups is 1. The number of pyridine rings is 1. The molecule has 3 rings (SSSR count). The minimum atomic E-state index is -2.95. The molecular formula is C23H20N2O4S. The van der Waals surface area contributed by atoms with Gasteiger partial charge in [0.05, 0.1) is 34.4 Å². The summed E-state index contributed by atoms with van der Waals surface area (Å²) in [5.74, 6) is 6.60. The van der Waals surface area contributed by atoms with E-state index in [-0.39, 0.29) is 5.56 Å². The van der Waals surface area contributed by atoms with Crippen LogP contribution < -0.4 is 9.47 Å². The van der Waals surface area contributed by atoms with Gasteiger partial charge in [0.15, 0.2) is 0 Å². The molecule has 2 aromatic carbocycles. The van der Waals surface area contributed by atoms with Crippen LogP contribution in [0.4, 0.5) is 0 Å². The molecule has 1 aromatic heterocycles. The van der Waals surface area contributed by atoms with Gasteiger partial charge in [0.2, 0.25) is 0 Å². The fourth-order valence-corrected chi connectivity index (χ4v) is 3.76. The fourth-order valence-electron chi connectivity index (χ4n) is 2.57. The van der Waals surface area contributed by atoms with E-state index in [1.54, 1.807) is 43.6 Å². The number of amides is 1. The van der Waals surface area contributed by atoms with Crippen molar-refractivity contribution in [1.82, 2.24) is 4.98 Å². The molecule has 0 aliphatic rings. The van der Waals surface area contributed by atoms with Crippen LogP contribution in [0.5, 0.6) is 11.5 Å². The number of carbonyl (C=O) groups excluding carboxylic acids is 1. The molecule has 7 heteroatoms. The van der Waals surface area contributed by atoms with Crippen LogP contribution in [-0.4, -0.2) is 35.6 Å². The van der Waals surface area contributed by atoms with Gasteiger partial charge in [-0.15, -0.1) is 0 Å². The van der Waals surface area contributed by atoms with E-state index in [1.807, 2.05) is 24.3 Å². The Morgan fingerprint density at radius 1 is 0.933 bits per heavy atom. The van der Waals surface area contributed by atoms with Crippen LogP contribution in [0.25, 0.3) is 0 Å². The van der Waals surface area contributed by atoms with Gasteiger partial charge in [0, 0.05) is 29.8 Å². The first-order valence-electron chi connectivity index (χ1n) is 8.93. The Balaban J connectivity index is 1.88. The van der Waals surface area contributed by atoms with E-state index >= 15 is 0 Å². The summed E-state index contributed by atoms with van der Waals surface area (Å²) >= 11 is 0. The Morgan fingerprint density at radius 2 is 1.60 bits per heavy atom. The third-order valence-electron chi connectivity index (χ3n) is 4.14. The zero-order valence-electron chi connectivity index (χ0n) is 16.8. The molecule has 0 fully saturated rings. The fraction of sp³-hybridized carbons (Fsp3) is 0.130. The van der Waals surface area contributed by atoms with Gasteiger partial charge in [-0.3, -0.25) is 9.78 Å². The van der Waals surface area contributed by atoms with Crippen LogP contribution in [0.2, 0.25) is 0 Å². The first-order chi connectivity index (χ1) is 14.4. The van der Waals surface area contributed by atoms with Gasteiger partial charge in [-0.2, -0.15) is 4.36 Å². The molecule has 0 aliphatic carbocycles. The lowest BCUT2D eigenvalue weighted by Gasteiger charge is -2.06. The second kappa shape index (κ2) is 9.25. The van der Waals surface area contributed by atoms with Gasteiger partial charge in [-0.1, -0.05) is 24.0 Å². The Kier molecular flexibility index (Phi) is 6.50.